The van der Waals surface area contributed by atoms with Gasteiger partial charge in [-0.25, -0.2) is 0 Å². The van der Waals surface area contributed by atoms with Gasteiger partial charge in [-0.3, -0.25) is 9.69 Å². The average molecular weight is 271 g/mol. The summed E-state index contributed by atoms with van der Waals surface area (Å²) in [5.74, 6) is 0.643. The van der Waals surface area contributed by atoms with E-state index < -0.39 is 0 Å². The molecule has 0 aromatic rings. The van der Waals surface area contributed by atoms with Crippen molar-refractivity contribution in [3.05, 3.63) is 0 Å². The lowest BCUT2D eigenvalue weighted by molar-refractivity contribution is -0.123. The molecule has 1 saturated heterocycles. The van der Waals surface area contributed by atoms with Crippen LogP contribution in [0.15, 0.2) is 0 Å². The van der Waals surface area contributed by atoms with E-state index in [4.69, 9.17) is 10.5 Å². The molecule has 5 heteroatoms. The Bertz CT molecular complexity index is 267. The lowest BCUT2D eigenvalue weighted by atomic mass is 9.99. The second kappa shape index (κ2) is 8.51. The highest BCUT2D eigenvalue weighted by Crippen LogP contribution is 2.06. The Labute approximate surface area is 116 Å². The van der Waals surface area contributed by atoms with Gasteiger partial charge in [-0.1, -0.05) is 27.2 Å². The quantitative estimate of drug-likeness (QED) is 0.705. The molecule has 1 rings (SSSR count). The maximum absolute atomic E-state index is 11.9. The third-order valence-electron chi connectivity index (χ3n) is 3.86. The molecule has 1 heterocycles. The van der Waals surface area contributed by atoms with Crippen LogP contribution in [0.5, 0.6) is 0 Å². The van der Waals surface area contributed by atoms with Crippen LogP contribution in [-0.4, -0.2) is 56.2 Å². The minimum atomic E-state index is -0.388. The van der Waals surface area contributed by atoms with Gasteiger partial charge in [-0.15, -0.1) is 0 Å². The number of nitrogens with two attached hydrogens (primary N) is 1. The minimum Gasteiger partial charge on any atom is -0.379 e. The van der Waals surface area contributed by atoms with Crippen LogP contribution in [0.1, 0.15) is 27.2 Å². The zero-order valence-electron chi connectivity index (χ0n) is 12.5. The van der Waals surface area contributed by atoms with Gasteiger partial charge in [0.2, 0.25) is 5.91 Å². The summed E-state index contributed by atoms with van der Waals surface area (Å²) < 4.78 is 5.32. The summed E-state index contributed by atoms with van der Waals surface area (Å²) in [5, 5.41) is 2.97. The van der Waals surface area contributed by atoms with Crippen LogP contribution in [0.2, 0.25) is 0 Å². The van der Waals surface area contributed by atoms with Gasteiger partial charge in [0.1, 0.15) is 0 Å². The molecule has 0 aromatic carbocycles. The number of nitrogens with zero attached hydrogens (tertiary/aromatic N) is 1. The molecule has 1 aliphatic heterocycles. The first-order valence-electron chi connectivity index (χ1n) is 7.38. The minimum absolute atomic E-state index is 0.0248. The fraction of sp³-hybridized carbons (Fsp3) is 0.929. The summed E-state index contributed by atoms with van der Waals surface area (Å²) in [4.78, 5) is 14.3. The molecule has 3 atom stereocenters. The van der Waals surface area contributed by atoms with E-state index in [1.54, 1.807) is 0 Å². The third kappa shape index (κ3) is 5.89. The van der Waals surface area contributed by atoms with Crippen molar-refractivity contribution in [1.29, 1.82) is 0 Å². The number of amides is 1. The van der Waals surface area contributed by atoms with Gasteiger partial charge in [0.05, 0.1) is 19.3 Å². The third-order valence-corrected chi connectivity index (χ3v) is 3.86. The molecule has 5 nitrogen and oxygen atoms in total. The summed E-state index contributed by atoms with van der Waals surface area (Å²) in [5.41, 5.74) is 5.90. The molecule has 0 spiro atoms. The maximum Gasteiger partial charge on any atom is 0.237 e. The first-order chi connectivity index (χ1) is 9.04. The number of hydrogen-bond acceptors (Lipinski definition) is 4. The Hall–Kier alpha value is -0.650. The molecule has 0 radical (unpaired) electrons. The molecule has 112 valence electrons. The van der Waals surface area contributed by atoms with Crippen LogP contribution in [0.4, 0.5) is 0 Å². The Morgan fingerprint density at radius 1 is 1.37 bits per heavy atom. The van der Waals surface area contributed by atoms with Gasteiger partial charge >= 0.3 is 0 Å². The number of hydrogen-bond donors (Lipinski definition) is 2. The van der Waals surface area contributed by atoms with Gasteiger partial charge in [0.25, 0.3) is 0 Å². The first-order valence-corrected chi connectivity index (χ1v) is 7.38. The molecule has 19 heavy (non-hydrogen) atoms. The lowest BCUT2D eigenvalue weighted by Gasteiger charge is -2.29. The monoisotopic (exact) mass is 271 g/mol. The fourth-order valence-corrected chi connectivity index (χ4v) is 2.19. The lowest BCUT2D eigenvalue weighted by Crippen LogP contribution is -2.47. The van der Waals surface area contributed by atoms with E-state index in [1.165, 1.54) is 0 Å². The van der Waals surface area contributed by atoms with Crippen molar-refractivity contribution in [3.63, 3.8) is 0 Å². The Balaban J connectivity index is 2.21. The van der Waals surface area contributed by atoms with Gasteiger partial charge in [0.15, 0.2) is 0 Å². The number of morpholine rings is 1. The molecule has 1 fully saturated rings. The van der Waals surface area contributed by atoms with Crippen molar-refractivity contribution in [1.82, 2.24) is 10.2 Å². The fourth-order valence-electron chi connectivity index (χ4n) is 2.19. The molecule has 1 amide bonds. The predicted molar refractivity (Wildman–Crippen MR) is 76.9 cm³/mol. The van der Waals surface area contributed by atoms with E-state index in [2.05, 4.69) is 24.1 Å². The largest absolute Gasteiger partial charge is 0.379 e. The van der Waals surface area contributed by atoms with Gasteiger partial charge < -0.3 is 15.8 Å². The van der Waals surface area contributed by atoms with Crippen LogP contribution in [0.3, 0.4) is 0 Å². The SMILES string of the molecule is CCC(C)C(N)C(=O)NCC(C)CN1CCOCC1. The van der Waals surface area contributed by atoms with Crippen LogP contribution in [0.25, 0.3) is 0 Å². The van der Waals surface area contributed by atoms with Crippen LogP contribution < -0.4 is 11.1 Å². The van der Waals surface area contributed by atoms with Crippen molar-refractivity contribution in [2.75, 3.05) is 39.4 Å². The highest BCUT2D eigenvalue weighted by molar-refractivity contribution is 5.81. The number of carbonyl (C=O) groups excluding carboxylic acids is 1. The van der Waals surface area contributed by atoms with Crippen LogP contribution in [0, 0.1) is 11.8 Å². The highest BCUT2D eigenvalue weighted by Gasteiger charge is 2.20. The summed E-state index contributed by atoms with van der Waals surface area (Å²) in [6.45, 7) is 11.5. The normalized spacial score (nSPS) is 21.7. The molecule has 1 aliphatic rings. The van der Waals surface area contributed by atoms with Crippen molar-refractivity contribution in [2.24, 2.45) is 17.6 Å². The van der Waals surface area contributed by atoms with E-state index in [-0.39, 0.29) is 17.9 Å². The Morgan fingerprint density at radius 3 is 2.58 bits per heavy atom. The van der Waals surface area contributed by atoms with Crippen molar-refractivity contribution >= 4 is 5.91 Å². The first kappa shape index (κ1) is 16.4. The number of carbonyl (C=O) groups is 1. The topological polar surface area (TPSA) is 67.6 Å². The Morgan fingerprint density at radius 2 is 2.00 bits per heavy atom. The summed E-state index contributed by atoms with van der Waals surface area (Å²) >= 11 is 0. The predicted octanol–water partition coefficient (Wildman–Crippen LogP) is 0.444. The van der Waals surface area contributed by atoms with E-state index in [0.717, 1.165) is 39.3 Å². The van der Waals surface area contributed by atoms with Crippen LogP contribution >= 0.6 is 0 Å². The molecule has 0 saturated carbocycles. The van der Waals surface area contributed by atoms with Crippen molar-refractivity contribution in [2.45, 2.75) is 33.2 Å². The summed E-state index contributed by atoms with van der Waals surface area (Å²) in [6.07, 6.45) is 0.928. The molecule has 3 N–H and O–H groups in total. The standard InChI is InChI=1S/C14H29N3O2/c1-4-12(3)13(15)14(18)16-9-11(2)10-17-5-7-19-8-6-17/h11-13H,4-10,15H2,1-3H3,(H,16,18). The van der Waals surface area contributed by atoms with Crippen LogP contribution in [-0.2, 0) is 9.53 Å². The molecular weight excluding hydrogens is 242 g/mol. The second-order valence-electron chi connectivity index (χ2n) is 5.67. The smallest absolute Gasteiger partial charge is 0.237 e. The Kier molecular flexibility index (Phi) is 7.34. The average Bonchev–Trinajstić information content (AvgIpc) is 2.44. The maximum atomic E-state index is 11.9. The molecule has 0 aromatic heterocycles. The molecule has 0 bridgehead atoms. The number of rotatable bonds is 7. The van der Waals surface area contributed by atoms with Gasteiger partial charge in [-0.2, -0.15) is 0 Å². The zero-order valence-corrected chi connectivity index (χ0v) is 12.5. The van der Waals surface area contributed by atoms with E-state index in [1.807, 2.05) is 6.92 Å². The second-order valence-corrected chi connectivity index (χ2v) is 5.67. The number of ether oxygens (including phenoxy) is 1. The van der Waals surface area contributed by atoms with Gasteiger partial charge in [0, 0.05) is 26.2 Å². The summed E-state index contributed by atoms with van der Waals surface area (Å²) in [7, 11) is 0. The van der Waals surface area contributed by atoms with Gasteiger partial charge in [-0.05, 0) is 11.8 Å². The highest BCUT2D eigenvalue weighted by atomic mass is 16.5. The summed E-state index contributed by atoms with van der Waals surface area (Å²) in [6, 6.07) is -0.388. The van der Waals surface area contributed by atoms with Crippen molar-refractivity contribution in [3.8, 4) is 0 Å². The molecule has 3 unspecified atom stereocenters. The number of nitrogens with one attached hydrogen (secondary N) is 1. The van der Waals surface area contributed by atoms with Crippen molar-refractivity contribution < 1.29 is 9.53 Å². The van der Waals surface area contributed by atoms with E-state index in [0.29, 0.717) is 12.5 Å². The van der Waals surface area contributed by atoms with E-state index >= 15 is 0 Å². The zero-order chi connectivity index (χ0) is 14.3. The molecular formula is C14H29N3O2. The molecule has 0 aliphatic carbocycles. The van der Waals surface area contributed by atoms with E-state index in [9.17, 15) is 4.79 Å².